The molecule has 0 atom stereocenters. The van der Waals surface area contributed by atoms with E-state index in [9.17, 15) is 4.79 Å². The molecule has 3 aliphatic rings. The highest BCUT2D eigenvalue weighted by atomic mass is 16.5. The standard InChI is InChI=1S/C34H37N3O2/c38-33-32(39-34(35-27-13-5-1-6-14-27)37(33)30-19-11-4-12-20-30)25-26-21-23-31(24-22-26)36(28-15-7-2-8-16-28)29-17-9-3-10-18-29/h2-3,7-10,15-18,21-25,27,30H,1,4-6,11-14,19-20H2. The third kappa shape index (κ3) is 5.78. The molecule has 0 spiro atoms. The normalized spacial score (nSPS) is 20.9. The average Bonchev–Trinajstić information content (AvgIpc) is 3.30. The first kappa shape index (κ1) is 25.4. The minimum atomic E-state index is -0.0456. The molecule has 200 valence electrons. The average molecular weight is 520 g/mol. The minimum Gasteiger partial charge on any atom is -0.420 e. The Kier molecular flexibility index (Phi) is 7.75. The van der Waals surface area contributed by atoms with E-state index in [1.165, 1.54) is 25.7 Å². The number of para-hydroxylation sites is 2. The number of hydrogen-bond donors (Lipinski definition) is 0. The van der Waals surface area contributed by atoms with E-state index in [1.54, 1.807) is 0 Å². The lowest BCUT2D eigenvalue weighted by Gasteiger charge is -2.29. The third-order valence-electron chi connectivity index (χ3n) is 8.12. The van der Waals surface area contributed by atoms with Gasteiger partial charge in [0.15, 0.2) is 5.76 Å². The van der Waals surface area contributed by atoms with Crippen LogP contribution in [0.3, 0.4) is 0 Å². The molecule has 0 N–H and O–H groups in total. The van der Waals surface area contributed by atoms with Gasteiger partial charge in [0.2, 0.25) is 0 Å². The molecule has 5 nitrogen and oxygen atoms in total. The molecule has 39 heavy (non-hydrogen) atoms. The zero-order chi connectivity index (χ0) is 26.4. The van der Waals surface area contributed by atoms with Crippen LogP contribution in [0, 0.1) is 0 Å². The van der Waals surface area contributed by atoms with Crippen LogP contribution in [0.1, 0.15) is 69.8 Å². The zero-order valence-corrected chi connectivity index (χ0v) is 22.5. The Labute approximate surface area is 231 Å². The summed E-state index contributed by atoms with van der Waals surface area (Å²) in [5.41, 5.74) is 4.17. The number of ether oxygens (including phenoxy) is 1. The molecule has 3 aromatic rings. The Morgan fingerprint density at radius 2 is 1.23 bits per heavy atom. The van der Waals surface area contributed by atoms with Crippen LogP contribution in [0.15, 0.2) is 95.7 Å². The lowest BCUT2D eigenvalue weighted by Crippen LogP contribution is -2.41. The molecule has 6 rings (SSSR count). The minimum absolute atomic E-state index is 0.0456. The lowest BCUT2D eigenvalue weighted by molar-refractivity contribution is -0.124. The van der Waals surface area contributed by atoms with Gasteiger partial charge >= 0.3 is 6.02 Å². The van der Waals surface area contributed by atoms with Crippen molar-refractivity contribution in [2.45, 2.75) is 76.3 Å². The summed E-state index contributed by atoms with van der Waals surface area (Å²) in [6.45, 7) is 0. The van der Waals surface area contributed by atoms with Gasteiger partial charge in [-0.25, -0.2) is 4.99 Å². The van der Waals surface area contributed by atoms with Gasteiger partial charge in [-0.3, -0.25) is 9.69 Å². The second kappa shape index (κ2) is 11.9. The van der Waals surface area contributed by atoms with Crippen molar-refractivity contribution in [3.05, 3.63) is 96.3 Å². The Morgan fingerprint density at radius 1 is 0.692 bits per heavy atom. The first-order valence-electron chi connectivity index (χ1n) is 14.6. The highest BCUT2D eigenvalue weighted by Crippen LogP contribution is 2.35. The molecule has 5 heteroatoms. The number of amidine groups is 1. The van der Waals surface area contributed by atoms with Gasteiger partial charge in [0, 0.05) is 23.1 Å². The topological polar surface area (TPSA) is 45.1 Å². The SMILES string of the molecule is O=C1C(=Cc2ccc(N(c3ccccc3)c3ccccc3)cc2)OC(=NC2CCCCC2)N1C1CCCCC1. The molecule has 1 amide bonds. The molecule has 1 saturated heterocycles. The van der Waals surface area contributed by atoms with E-state index in [1.807, 2.05) is 23.1 Å². The Hall–Kier alpha value is -3.86. The van der Waals surface area contributed by atoms with Gasteiger partial charge in [-0.2, -0.15) is 0 Å². The maximum Gasteiger partial charge on any atom is 0.300 e. The second-order valence-corrected chi connectivity index (χ2v) is 10.9. The van der Waals surface area contributed by atoms with Crippen LogP contribution in [-0.4, -0.2) is 28.9 Å². The van der Waals surface area contributed by atoms with Crippen LogP contribution in [0.2, 0.25) is 0 Å². The molecule has 0 aromatic heterocycles. The fourth-order valence-electron chi connectivity index (χ4n) is 6.08. The number of carbonyl (C=O) groups excluding carboxylic acids is 1. The summed E-state index contributed by atoms with van der Waals surface area (Å²) in [5.74, 6) is 0.335. The predicted octanol–water partition coefficient (Wildman–Crippen LogP) is 8.38. The predicted molar refractivity (Wildman–Crippen MR) is 158 cm³/mol. The third-order valence-corrected chi connectivity index (χ3v) is 8.12. The van der Waals surface area contributed by atoms with Gasteiger partial charge in [0.1, 0.15) is 0 Å². The van der Waals surface area contributed by atoms with E-state index in [2.05, 4.69) is 77.7 Å². The molecule has 3 fully saturated rings. The summed E-state index contributed by atoms with van der Waals surface area (Å²) < 4.78 is 6.24. The molecule has 2 saturated carbocycles. The number of amides is 1. The Bertz CT molecular complexity index is 1270. The molecule has 1 aliphatic heterocycles. The first-order valence-corrected chi connectivity index (χ1v) is 14.6. The summed E-state index contributed by atoms with van der Waals surface area (Å²) in [7, 11) is 0. The van der Waals surface area contributed by atoms with Crippen LogP contribution in [0.4, 0.5) is 17.1 Å². The van der Waals surface area contributed by atoms with Gasteiger partial charge in [-0.15, -0.1) is 0 Å². The highest BCUT2D eigenvalue weighted by molar-refractivity contribution is 6.11. The zero-order valence-electron chi connectivity index (χ0n) is 22.5. The Morgan fingerprint density at radius 3 is 1.82 bits per heavy atom. The second-order valence-electron chi connectivity index (χ2n) is 10.9. The van der Waals surface area contributed by atoms with Crippen LogP contribution in [0.25, 0.3) is 6.08 Å². The largest absolute Gasteiger partial charge is 0.420 e. The van der Waals surface area contributed by atoms with Gasteiger partial charge in [-0.1, -0.05) is 87.1 Å². The van der Waals surface area contributed by atoms with Crippen molar-refractivity contribution in [3.63, 3.8) is 0 Å². The molecular weight excluding hydrogens is 482 g/mol. The summed E-state index contributed by atoms with van der Waals surface area (Å²) in [4.78, 5) is 22.7. The molecule has 3 aromatic carbocycles. The number of hydrogen-bond acceptors (Lipinski definition) is 4. The van der Waals surface area contributed by atoms with Crippen molar-refractivity contribution >= 4 is 35.1 Å². The first-order chi connectivity index (χ1) is 19.3. The van der Waals surface area contributed by atoms with Crippen LogP contribution in [0.5, 0.6) is 0 Å². The molecule has 0 bridgehead atoms. The number of aliphatic imine (C=N–C) groups is 1. The number of nitrogens with zero attached hydrogens (tertiary/aromatic N) is 3. The fourth-order valence-corrected chi connectivity index (χ4v) is 6.08. The number of anilines is 3. The lowest BCUT2D eigenvalue weighted by atomic mass is 9.94. The smallest absolute Gasteiger partial charge is 0.300 e. The van der Waals surface area contributed by atoms with Crippen LogP contribution in [-0.2, 0) is 9.53 Å². The van der Waals surface area contributed by atoms with Crippen LogP contribution >= 0.6 is 0 Å². The molecule has 2 aliphatic carbocycles. The quantitative estimate of drug-likeness (QED) is 0.307. The van der Waals surface area contributed by atoms with Crippen molar-refractivity contribution in [3.8, 4) is 0 Å². The monoisotopic (exact) mass is 519 g/mol. The fraction of sp³-hybridized carbons (Fsp3) is 0.353. The summed E-state index contributed by atoms with van der Waals surface area (Å²) in [6, 6.07) is 30.0. The van der Waals surface area contributed by atoms with Crippen molar-refractivity contribution in [1.82, 2.24) is 4.90 Å². The van der Waals surface area contributed by atoms with E-state index >= 15 is 0 Å². The highest BCUT2D eigenvalue weighted by Gasteiger charge is 2.40. The van der Waals surface area contributed by atoms with E-state index in [0.29, 0.717) is 11.8 Å². The van der Waals surface area contributed by atoms with Crippen LogP contribution < -0.4 is 4.90 Å². The summed E-state index contributed by atoms with van der Waals surface area (Å²) in [5, 5.41) is 0. The van der Waals surface area contributed by atoms with E-state index in [0.717, 1.165) is 61.2 Å². The molecular formula is C34H37N3O2. The summed E-state index contributed by atoms with van der Waals surface area (Å²) >= 11 is 0. The van der Waals surface area contributed by atoms with Crippen molar-refractivity contribution in [2.24, 2.45) is 4.99 Å². The number of rotatable bonds is 6. The van der Waals surface area contributed by atoms with Crippen molar-refractivity contribution in [2.75, 3.05) is 4.90 Å². The number of benzene rings is 3. The van der Waals surface area contributed by atoms with Crippen molar-refractivity contribution in [1.29, 1.82) is 0 Å². The molecule has 0 unspecified atom stereocenters. The maximum absolute atomic E-state index is 13.6. The molecule has 0 radical (unpaired) electrons. The van der Waals surface area contributed by atoms with Gasteiger partial charge in [-0.05, 0) is 73.7 Å². The van der Waals surface area contributed by atoms with E-state index < -0.39 is 0 Å². The molecule has 1 heterocycles. The number of carbonyl (C=O) groups is 1. The van der Waals surface area contributed by atoms with E-state index in [4.69, 9.17) is 9.73 Å². The Balaban J connectivity index is 1.28. The van der Waals surface area contributed by atoms with Gasteiger partial charge < -0.3 is 9.64 Å². The van der Waals surface area contributed by atoms with Crippen molar-refractivity contribution < 1.29 is 9.53 Å². The summed E-state index contributed by atoms with van der Waals surface area (Å²) in [6.07, 6.45) is 13.3. The van der Waals surface area contributed by atoms with E-state index in [-0.39, 0.29) is 18.0 Å². The van der Waals surface area contributed by atoms with Gasteiger partial charge in [0.25, 0.3) is 5.91 Å². The van der Waals surface area contributed by atoms with Gasteiger partial charge in [0.05, 0.1) is 6.04 Å². The maximum atomic E-state index is 13.6.